The van der Waals surface area contributed by atoms with Gasteiger partial charge in [-0.1, -0.05) is 57.9 Å². The quantitative estimate of drug-likeness (QED) is 0.500. The molecule has 3 nitrogen and oxygen atoms in total. The van der Waals surface area contributed by atoms with Gasteiger partial charge in [-0.2, -0.15) is 0 Å². The van der Waals surface area contributed by atoms with Gasteiger partial charge >= 0.3 is 0 Å². The van der Waals surface area contributed by atoms with E-state index < -0.39 is 0 Å². The number of hydrogen-bond acceptors (Lipinski definition) is 2. The van der Waals surface area contributed by atoms with Gasteiger partial charge in [-0.15, -0.1) is 10.5 Å². The number of hydrogen-bond donors (Lipinski definition) is 0. The Hall–Kier alpha value is -1.38. The Morgan fingerprint density at radius 1 is 0.900 bits per heavy atom. The lowest BCUT2D eigenvalue weighted by Gasteiger charge is -2.08. The molecule has 1 aromatic rings. The Kier molecular flexibility index (Phi) is 6.03. The number of rotatable bonds is 9. The summed E-state index contributed by atoms with van der Waals surface area (Å²) in [5, 5.41) is 7.96. The van der Waals surface area contributed by atoms with Crippen LogP contribution in [0.2, 0.25) is 0 Å². The monoisotopic (exact) mass is 272 g/mol. The highest BCUT2D eigenvalue weighted by atomic mass is 15.5. The van der Waals surface area contributed by atoms with Gasteiger partial charge in [-0.05, 0) is 42.2 Å². The van der Waals surface area contributed by atoms with E-state index in [2.05, 4.69) is 35.7 Å². The maximum absolute atomic E-state index is 4.17. The standard InChI is InChI=1S/C17H26N3/c1-3-4-5-6-7-8-9-10-11-15-14(2)12-13-16-17(15)19-20-18-16/h12-13H,3-11H2,1-2H3. The predicted molar refractivity (Wildman–Crippen MR) is 83.8 cm³/mol. The second-order valence-corrected chi connectivity index (χ2v) is 5.74. The number of aryl methyl sites for hydroxylation is 1. The van der Waals surface area contributed by atoms with Gasteiger partial charge in [-0.25, -0.2) is 0 Å². The first-order chi connectivity index (χ1) is 9.83. The van der Waals surface area contributed by atoms with Crippen LogP contribution in [-0.4, -0.2) is 0 Å². The van der Waals surface area contributed by atoms with Crippen molar-refractivity contribution in [1.29, 1.82) is 0 Å². The summed E-state index contributed by atoms with van der Waals surface area (Å²) in [4.78, 5) is 0. The van der Waals surface area contributed by atoms with Crippen LogP contribution >= 0.6 is 0 Å². The van der Waals surface area contributed by atoms with Crippen molar-refractivity contribution in [2.45, 2.75) is 71.6 Å². The maximum Gasteiger partial charge on any atom is 0.118 e. The van der Waals surface area contributed by atoms with Gasteiger partial charge in [0, 0.05) is 0 Å². The Labute approximate surface area is 122 Å². The van der Waals surface area contributed by atoms with Gasteiger partial charge in [0.2, 0.25) is 0 Å². The van der Waals surface area contributed by atoms with Crippen LogP contribution in [0.1, 0.15) is 69.4 Å². The summed E-state index contributed by atoms with van der Waals surface area (Å²) in [5.41, 5.74) is 8.66. The van der Waals surface area contributed by atoms with Gasteiger partial charge in [0.1, 0.15) is 11.4 Å². The van der Waals surface area contributed by atoms with E-state index >= 15 is 0 Å². The SMILES string of the molecule is CCCCCCCCCCc1c(C)ccc2c1N=N[N]2. The summed E-state index contributed by atoms with van der Waals surface area (Å²) in [7, 11) is 0. The molecule has 0 atom stereocenters. The van der Waals surface area contributed by atoms with Crippen molar-refractivity contribution in [2.24, 2.45) is 10.3 Å². The average Bonchev–Trinajstić information content (AvgIpc) is 2.92. The molecular weight excluding hydrogens is 246 g/mol. The molecule has 109 valence electrons. The van der Waals surface area contributed by atoms with Gasteiger partial charge in [0.05, 0.1) is 0 Å². The molecular formula is C17H26N3. The molecule has 1 aliphatic rings. The van der Waals surface area contributed by atoms with Gasteiger partial charge < -0.3 is 0 Å². The normalized spacial score (nSPS) is 12.5. The summed E-state index contributed by atoms with van der Waals surface area (Å²) in [6.45, 7) is 4.43. The minimum atomic E-state index is 0.935. The molecule has 0 saturated carbocycles. The molecule has 0 aliphatic carbocycles. The highest BCUT2D eigenvalue weighted by Gasteiger charge is 2.15. The molecule has 3 heteroatoms. The zero-order valence-electron chi connectivity index (χ0n) is 12.9. The van der Waals surface area contributed by atoms with E-state index in [0.29, 0.717) is 0 Å². The summed E-state index contributed by atoms with van der Waals surface area (Å²) in [5.74, 6) is 0. The first-order valence-electron chi connectivity index (χ1n) is 8.07. The topological polar surface area (TPSA) is 38.8 Å². The van der Waals surface area contributed by atoms with Gasteiger partial charge in [-0.3, -0.25) is 0 Å². The lowest BCUT2D eigenvalue weighted by Crippen LogP contribution is -1.92. The third kappa shape index (κ3) is 4.06. The molecule has 1 heterocycles. The largest absolute Gasteiger partial charge is 0.128 e. The van der Waals surface area contributed by atoms with Crippen LogP contribution in [0.4, 0.5) is 11.4 Å². The number of nitrogens with zero attached hydrogens (tertiary/aromatic N) is 3. The molecule has 0 spiro atoms. The van der Waals surface area contributed by atoms with Crippen molar-refractivity contribution in [3.05, 3.63) is 23.3 Å². The van der Waals surface area contributed by atoms with Crippen molar-refractivity contribution in [2.75, 3.05) is 0 Å². The van der Waals surface area contributed by atoms with Crippen molar-refractivity contribution < 1.29 is 0 Å². The zero-order valence-corrected chi connectivity index (χ0v) is 12.9. The molecule has 20 heavy (non-hydrogen) atoms. The fourth-order valence-corrected chi connectivity index (χ4v) is 2.78. The molecule has 0 N–H and O–H groups in total. The third-order valence-electron chi connectivity index (χ3n) is 4.07. The van der Waals surface area contributed by atoms with E-state index in [1.807, 2.05) is 6.07 Å². The molecule has 1 radical (unpaired) electrons. The first kappa shape index (κ1) is 15.0. The smallest absolute Gasteiger partial charge is 0.118 e. The van der Waals surface area contributed by atoms with Crippen LogP contribution in [0.5, 0.6) is 0 Å². The Balaban J connectivity index is 1.70. The van der Waals surface area contributed by atoms with E-state index in [1.165, 1.54) is 62.5 Å². The lowest BCUT2D eigenvalue weighted by atomic mass is 9.98. The van der Waals surface area contributed by atoms with Crippen molar-refractivity contribution in [3.63, 3.8) is 0 Å². The van der Waals surface area contributed by atoms with E-state index in [1.54, 1.807) is 0 Å². The highest BCUT2D eigenvalue weighted by Crippen LogP contribution is 2.36. The molecule has 0 saturated heterocycles. The molecule has 2 rings (SSSR count). The van der Waals surface area contributed by atoms with Crippen molar-refractivity contribution in [3.8, 4) is 0 Å². The summed E-state index contributed by atoms with van der Waals surface area (Å²) in [6, 6.07) is 4.15. The van der Waals surface area contributed by atoms with Crippen LogP contribution in [0, 0.1) is 6.92 Å². The zero-order chi connectivity index (χ0) is 14.2. The van der Waals surface area contributed by atoms with Crippen LogP contribution in [-0.2, 0) is 6.42 Å². The molecule has 0 unspecified atom stereocenters. The summed E-state index contributed by atoms with van der Waals surface area (Å²) >= 11 is 0. The second kappa shape index (κ2) is 8.03. The average molecular weight is 272 g/mol. The van der Waals surface area contributed by atoms with Gasteiger partial charge in [0.25, 0.3) is 0 Å². The van der Waals surface area contributed by atoms with Crippen LogP contribution in [0.15, 0.2) is 22.5 Å². The Bertz CT molecular complexity index is 452. The third-order valence-corrected chi connectivity index (χ3v) is 4.07. The fourth-order valence-electron chi connectivity index (χ4n) is 2.78. The summed E-state index contributed by atoms with van der Waals surface area (Å²) < 4.78 is 0. The minimum absolute atomic E-state index is 0.935. The Morgan fingerprint density at radius 3 is 2.35 bits per heavy atom. The summed E-state index contributed by atoms with van der Waals surface area (Å²) in [6.07, 6.45) is 12.0. The molecule has 0 bridgehead atoms. The second-order valence-electron chi connectivity index (χ2n) is 5.74. The van der Waals surface area contributed by atoms with Crippen molar-refractivity contribution >= 4 is 11.4 Å². The van der Waals surface area contributed by atoms with Crippen molar-refractivity contribution in [1.82, 2.24) is 5.43 Å². The van der Waals surface area contributed by atoms with E-state index in [0.717, 1.165) is 17.8 Å². The van der Waals surface area contributed by atoms with E-state index in [9.17, 15) is 0 Å². The van der Waals surface area contributed by atoms with E-state index in [4.69, 9.17) is 0 Å². The Morgan fingerprint density at radius 2 is 1.60 bits per heavy atom. The molecule has 1 aliphatic heterocycles. The first-order valence-corrected chi connectivity index (χ1v) is 8.07. The van der Waals surface area contributed by atoms with E-state index in [-0.39, 0.29) is 0 Å². The minimum Gasteiger partial charge on any atom is -0.128 e. The molecule has 0 aromatic heterocycles. The molecule has 0 fully saturated rings. The van der Waals surface area contributed by atoms with Gasteiger partial charge in [0.15, 0.2) is 0 Å². The lowest BCUT2D eigenvalue weighted by molar-refractivity contribution is 0.575. The maximum atomic E-state index is 4.17. The number of benzene rings is 1. The number of fused-ring (bicyclic) bond motifs is 1. The predicted octanol–water partition coefficient (Wildman–Crippen LogP) is 5.93. The van der Waals surface area contributed by atoms with Crippen LogP contribution in [0.25, 0.3) is 0 Å². The van der Waals surface area contributed by atoms with Crippen LogP contribution in [0.3, 0.4) is 0 Å². The highest BCUT2D eigenvalue weighted by molar-refractivity contribution is 5.68. The number of unbranched alkanes of at least 4 members (excludes halogenated alkanes) is 7. The fraction of sp³-hybridized carbons (Fsp3) is 0.647. The van der Waals surface area contributed by atoms with Crippen LogP contribution < -0.4 is 5.43 Å². The molecule has 0 amide bonds. The molecule has 1 aromatic carbocycles.